The second-order valence-corrected chi connectivity index (χ2v) is 4.23. The van der Waals surface area contributed by atoms with Gasteiger partial charge in [0.25, 0.3) is 5.69 Å². The number of nitro groups is 1. The average molecular weight is 258 g/mol. The number of hydrogen-bond acceptors (Lipinski definition) is 4. The predicted octanol–water partition coefficient (Wildman–Crippen LogP) is 1.83. The van der Waals surface area contributed by atoms with Crippen molar-refractivity contribution in [3.05, 3.63) is 33.9 Å². The van der Waals surface area contributed by atoms with Gasteiger partial charge in [0.05, 0.1) is 11.0 Å². The molecular weight excluding hydrogens is 246 g/mol. The van der Waals surface area contributed by atoms with Crippen LogP contribution in [-0.4, -0.2) is 29.2 Å². The molecule has 2 rings (SSSR count). The molecule has 18 heavy (non-hydrogen) atoms. The van der Waals surface area contributed by atoms with E-state index >= 15 is 0 Å². The van der Waals surface area contributed by atoms with Crippen LogP contribution in [0.1, 0.15) is 12.8 Å². The van der Waals surface area contributed by atoms with Crippen LogP contribution in [0, 0.1) is 21.7 Å². The fraction of sp³-hybridized carbons (Fsp3) is 0.455. The van der Waals surface area contributed by atoms with Crippen molar-refractivity contribution in [2.75, 3.05) is 18.0 Å². The molecule has 1 fully saturated rings. The summed E-state index contributed by atoms with van der Waals surface area (Å²) in [6.07, 6.45) is 0.455. The Morgan fingerprint density at radius 1 is 1.44 bits per heavy atom. The molecule has 0 aliphatic carbocycles. The van der Waals surface area contributed by atoms with Gasteiger partial charge in [0, 0.05) is 19.2 Å². The minimum atomic E-state index is -1.24. The Hall–Kier alpha value is -1.76. The molecule has 1 saturated heterocycles. The standard InChI is InChI=1S/C11H12F2N2O3/c12-8-3-4-9(15(17)18)11(10(8)13)14-5-1-2-7(16)6-14/h3-4,7,16H,1-2,5-6H2. The zero-order valence-corrected chi connectivity index (χ0v) is 9.47. The Bertz CT molecular complexity index is 482. The van der Waals surface area contributed by atoms with E-state index in [-0.39, 0.29) is 12.2 Å². The van der Waals surface area contributed by atoms with Crippen LogP contribution in [-0.2, 0) is 0 Å². The van der Waals surface area contributed by atoms with Crippen LogP contribution in [0.3, 0.4) is 0 Å². The number of anilines is 1. The first kappa shape index (κ1) is 12.7. The monoisotopic (exact) mass is 258 g/mol. The topological polar surface area (TPSA) is 66.6 Å². The van der Waals surface area contributed by atoms with Crippen LogP contribution in [0.4, 0.5) is 20.2 Å². The number of aliphatic hydroxyl groups is 1. The molecule has 1 aliphatic heterocycles. The lowest BCUT2D eigenvalue weighted by molar-refractivity contribution is -0.384. The molecule has 1 N–H and O–H groups in total. The van der Waals surface area contributed by atoms with Crippen molar-refractivity contribution in [2.24, 2.45) is 0 Å². The number of piperidine rings is 1. The van der Waals surface area contributed by atoms with Gasteiger partial charge in [0.15, 0.2) is 17.3 Å². The van der Waals surface area contributed by atoms with Crippen molar-refractivity contribution in [1.29, 1.82) is 0 Å². The van der Waals surface area contributed by atoms with Gasteiger partial charge in [-0.15, -0.1) is 0 Å². The Balaban J connectivity index is 2.46. The second kappa shape index (κ2) is 4.85. The quantitative estimate of drug-likeness (QED) is 0.649. The molecule has 98 valence electrons. The van der Waals surface area contributed by atoms with Crippen LogP contribution in [0.15, 0.2) is 12.1 Å². The van der Waals surface area contributed by atoms with Gasteiger partial charge < -0.3 is 10.0 Å². The summed E-state index contributed by atoms with van der Waals surface area (Å²) in [5, 5.41) is 20.3. The van der Waals surface area contributed by atoms with Gasteiger partial charge in [-0.3, -0.25) is 10.1 Å². The summed E-state index contributed by atoms with van der Waals surface area (Å²) in [5.41, 5.74) is -0.859. The van der Waals surface area contributed by atoms with E-state index in [2.05, 4.69) is 0 Å². The number of rotatable bonds is 2. The van der Waals surface area contributed by atoms with Gasteiger partial charge in [-0.05, 0) is 18.9 Å². The number of halogens is 2. The van der Waals surface area contributed by atoms with Gasteiger partial charge in [0.1, 0.15) is 0 Å². The Labute approximate surface area is 102 Å². The highest BCUT2D eigenvalue weighted by atomic mass is 19.2. The predicted molar refractivity (Wildman–Crippen MR) is 60.5 cm³/mol. The summed E-state index contributed by atoms with van der Waals surface area (Å²) in [6, 6.07) is 1.67. The SMILES string of the molecule is O=[N+]([O-])c1ccc(F)c(F)c1N1CCCC(O)C1. The zero-order chi connectivity index (χ0) is 13.3. The van der Waals surface area contributed by atoms with Gasteiger partial charge in [0.2, 0.25) is 0 Å². The molecule has 0 amide bonds. The van der Waals surface area contributed by atoms with E-state index < -0.39 is 28.3 Å². The molecule has 0 bridgehead atoms. The summed E-state index contributed by atoms with van der Waals surface area (Å²) in [4.78, 5) is 11.4. The fourth-order valence-electron chi connectivity index (χ4n) is 2.14. The first-order valence-corrected chi connectivity index (χ1v) is 5.56. The summed E-state index contributed by atoms with van der Waals surface area (Å²) in [6.45, 7) is 0.430. The number of nitrogens with zero attached hydrogens (tertiary/aromatic N) is 2. The Morgan fingerprint density at radius 3 is 2.78 bits per heavy atom. The normalized spacial score (nSPS) is 19.9. The van der Waals surface area contributed by atoms with E-state index in [9.17, 15) is 24.0 Å². The molecule has 1 heterocycles. The average Bonchev–Trinajstić information content (AvgIpc) is 2.32. The first-order chi connectivity index (χ1) is 8.50. The van der Waals surface area contributed by atoms with Gasteiger partial charge >= 0.3 is 0 Å². The lowest BCUT2D eigenvalue weighted by Gasteiger charge is -2.31. The summed E-state index contributed by atoms with van der Waals surface area (Å²) < 4.78 is 26.9. The van der Waals surface area contributed by atoms with E-state index in [1.165, 1.54) is 4.90 Å². The summed E-state index contributed by atoms with van der Waals surface area (Å²) >= 11 is 0. The minimum absolute atomic E-state index is 0.0706. The largest absolute Gasteiger partial charge is 0.391 e. The molecule has 0 spiro atoms. The number of benzene rings is 1. The highest BCUT2D eigenvalue weighted by Gasteiger charge is 2.29. The number of hydrogen-bond donors (Lipinski definition) is 1. The smallest absolute Gasteiger partial charge is 0.295 e. The van der Waals surface area contributed by atoms with Crippen molar-refractivity contribution in [2.45, 2.75) is 18.9 Å². The molecule has 5 nitrogen and oxygen atoms in total. The summed E-state index contributed by atoms with van der Waals surface area (Å²) in [7, 11) is 0. The molecule has 1 aromatic rings. The third kappa shape index (κ3) is 2.26. The van der Waals surface area contributed by atoms with Crippen LogP contribution in [0.5, 0.6) is 0 Å². The number of aliphatic hydroxyl groups excluding tert-OH is 1. The molecule has 1 aromatic carbocycles. The number of nitro benzene ring substituents is 1. The van der Waals surface area contributed by atoms with Gasteiger partial charge in [-0.2, -0.15) is 0 Å². The van der Waals surface area contributed by atoms with Gasteiger partial charge in [-0.25, -0.2) is 8.78 Å². The van der Waals surface area contributed by atoms with Crippen molar-refractivity contribution < 1.29 is 18.8 Å². The van der Waals surface area contributed by atoms with Crippen LogP contribution >= 0.6 is 0 Å². The lowest BCUT2D eigenvalue weighted by Crippen LogP contribution is -2.39. The molecule has 7 heteroatoms. The van der Waals surface area contributed by atoms with E-state index in [1.807, 2.05) is 0 Å². The zero-order valence-electron chi connectivity index (χ0n) is 9.47. The van der Waals surface area contributed by atoms with Gasteiger partial charge in [-0.1, -0.05) is 0 Å². The molecular formula is C11H12F2N2O3. The Kier molecular flexibility index (Phi) is 3.42. The summed E-state index contributed by atoms with van der Waals surface area (Å²) in [5.74, 6) is -2.37. The molecule has 1 atom stereocenters. The van der Waals surface area contributed by atoms with Crippen molar-refractivity contribution in [1.82, 2.24) is 0 Å². The highest BCUT2D eigenvalue weighted by molar-refractivity contribution is 5.64. The molecule has 1 unspecified atom stereocenters. The van der Waals surface area contributed by atoms with Crippen LogP contribution in [0.2, 0.25) is 0 Å². The lowest BCUT2D eigenvalue weighted by atomic mass is 10.1. The van der Waals surface area contributed by atoms with Crippen molar-refractivity contribution in [3.8, 4) is 0 Å². The van der Waals surface area contributed by atoms with E-state index in [0.717, 1.165) is 12.1 Å². The maximum atomic E-state index is 13.7. The molecule has 0 radical (unpaired) electrons. The molecule has 1 aliphatic rings. The van der Waals surface area contributed by atoms with Crippen LogP contribution in [0.25, 0.3) is 0 Å². The number of β-amino-alcohol motifs (C(OH)–C–C–N with tert-alkyl or cyclic N) is 1. The highest BCUT2D eigenvalue weighted by Crippen LogP contribution is 2.34. The molecule has 0 aromatic heterocycles. The fourth-order valence-corrected chi connectivity index (χ4v) is 2.14. The minimum Gasteiger partial charge on any atom is -0.391 e. The maximum Gasteiger partial charge on any atom is 0.295 e. The van der Waals surface area contributed by atoms with Crippen LogP contribution < -0.4 is 4.90 Å². The first-order valence-electron chi connectivity index (χ1n) is 5.56. The molecule has 0 saturated carbocycles. The maximum absolute atomic E-state index is 13.7. The van der Waals surface area contributed by atoms with E-state index in [1.54, 1.807) is 0 Å². The third-order valence-corrected chi connectivity index (χ3v) is 2.96. The van der Waals surface area contributed by atoms with E-state index in [0.29, 0.717) is 19.4 Å². The van der Waals surface area contributed by atoms with E-state index in [4.69, 9.17) is 0 Å². The Morgan fingerprint density at radius 2 is 2.17 bits per heavy atom. The second-order valence-electron chi connectivity index (χ2n) is 4.23. The third-order valence-electron chi connectivity index (χ3n) is 2.96. The van der Waals surface area contributed by atoms with Crippen molar-refractivity contribution in [3.63, 3.8) is 0 Å². The van der Waals surface area contributed by atoms with Crippen molar-refractivity contribution >= 4 is 11.4 Å².